The molecule has 5 heteroatoms. The van der Waals surface area contributed by atoms with Crippen LogP contribution in [-0.4, -0.2) is 16.5 Å². The van der Waals surface area contributed by atoms with Gasteiger partial charge < -0.3 is 10.2 Å². The lowest BCUT2D eigenvalue weighted by Gasteiger charge is -2.30. The molecule has 1 N–H and O–H groups in total. The number of aromatic nitrogens is 2. The molecule has 2 aromatic carbocycles. The van der Waals surface area contributed by atoms with Gasteiger partial charge in [0.25, 0.3) is 0 Å². The fourth-order valence-electron chi connectivity index (χ4n) is 3.35. The van der Waals surface area contributed by atoms with Crippen LogP contribution in [0.2, 0.25) is 5.02 Å². The Bertz CT molecular complexity index is 954. The van der Waals surface area contributed by atoms with Gasteiger partial charge in [0.2, 0.25) is 5.95 Å². The van der Waals surface area contributed by atoms with Crippen LogP contribution in [0.1, 0.15) is 22.4 Å². The molecule has 0 radical (unpaired) electrons. The molecule has 4 nitrogen and oxygen atoms in total. The van der Waals surface area contributed by atoms with E-state index >= 15 is 0 Å². The van der Waals surface area contributed by atoms with E-state index in [0.29, 0.717) is 5.95 Å². The first-order chi connectivity index (χ1) is 12.6. The Hall–Kier alpha value is -2.59. The topological polar surface area (TPSA) is 41.1 Å². The number of rotatable bonds is 3. The van der Waals surface area contributed by atoms with Gasteiger partial charge in [0.15, 0.2) is 0 Å². The monoisotopic (exact) mass is 364 g/mol. The predicted octanol–water partition coefficient (Wildman–Crippen LogP) is 5.05. The van der Waals surface area contributed by atoms with Crippen molar-refractivity contribution in [1.82, 2.24) is 9.97 Å². The molecule has 3 aromatic rings. The van der Waals surface area contributed by atoms with Gasteiger partial charge in [-0.1, -0.05) is 35.9 Å². The van der Waals surface area contributed by atoms with Crippen molar-refractivity contribution in [3.05, 3.63) is 75.9 Å². The number of aryl methyl sites for hydroxylation is 2. The molecule has 0 spiro atoms. The summed E-state index contributed by atoms with van der Waals surface area (Å²) in [6.45, 7) is 5.87. The minimum Gasteiger partial charge on any atom is -0.352 e. The molecule has 2 heterocycles. The number of benzene rings is 2. The van der Waals surface area contributed by atoms with Gasteiger partial charge in [-0.3, -0.25) is 0 Å². The highest BCUT2D eigenvalue weighted by molar-refractivity contribution is 6.30. The van der Waals surface area contributed by atoms with E-state index in [1.807, 2.05) is 38.1 Å². The smallest absolute Gasteiger partial charge is 0.229 e. The van der Waals surface area contributed by atoms with Crippen molar-refractivity contribution in [1.29, 1.82) is 0 Å². The lowest BCUT2D eigenvalue weighted by molar-refractivity contribution is 0.719. The molecule has 0 aliphatic carbocycles. The summed E-state index contributed by atoms with van der Waals surface area (Å²) in [5, 5.41) is 4.06. The van der Waals surface area contributed by atoms with E-state index in [-0.39, 0.29) is 0 Å². The lowest BCUT2D eigenvalue weighted by Crippen LogP contribution is -2.31. The van der Waals surface area contributed by atoms with Crippen LogP contribution in [0.3, 0.4) is 0 Å². The molecule has 0 saturated carbocycles. The molecule has 0 amide bonds. The van der Waals surface area contributed by atoms with Crippen molar-refractivity contribution in [2.45, 2.75) is 26.8 Å². The maximum absolute atomic E-state index is 6.05. The van der Waals surface area contributed by atoms with E-state index < -0.39 is 0 Å². The number of fused-ring (bicyclic) bond motifs is 1. The third kappa shape index (κ3) is 3.51. The van der Waals surface area contributed by atoms with Crippen LogP contribution in [0.4, 0.5) is 17.5 Å². The van der Waals surface area contributed by atoms with Crippen LogP contribution < -0.4 is 10.2 Å². The largest absolute Gasteiger partial charge is 0.352 e. The SMILES string of the molecule is Cc1cc(N2CCc3ccccc3C2)nc(Nc2ccc(Cl)cc2C)n1. The van der Waals surface area contributed by atoms with Crippen molar-refractivity contribution in [3.8, 4) is 0 Å². The summed E-state index contributed by atoms with van der Waals surface area (Å²) in [6, 6.07) is 16.4. The van der Waals surface area contributed by atoms with Gasteiger partial charge in [0, 0.05) is 35.6 Å². The van der Waals surface area contributed by atoms with E-state index in [1.165, 1.54) is 11.1 Å². The second-order valence-electron chi connectivity index (χ2n) is 6.72. The number of halogens is 1. The molecule has 0 fully saturated rings. The average Bonchev–Trinajstić information content (AvgIpc) is 2.63. The number of nitrogens with zero attached hydrogens (tertiary/aromatic N) is 3. The zero-order chi connectivity index (χ0) is 18.1. The molecule has 1 aromatic heterocycles. The molecule has 1 aliphatic rings. The average molecular weight is 365 g/mol. The molecule has 0 saturated heterocycles. The molecule has 4 rings (SSSR count). The highest BCUT2D eigenvalue weighted by atomic mass is 35.5. The third-order valence-corrected chi connectivity index (χ3v) is 4.97. The van der Waals surface area contributed by atoms with Crippen LogP contribution in [0.5, 0.6) is 0 Å². The summed E-state index contributed by atoms with van der Waals surface area (Å²) < 4.78 is 0. The van der Waals surface area contributed by atoms with E-state index in [4.69, 9.17) is 16.6 Å². The summed E-state index contributed by atoms with van der Waals surface area (Å²) >= 11 is 6.05. The number of anilines is 3. The second-order valence-corrected chi connectivity index (χ2v) is 7.15. The summed E-state index contributed by atoms with van der Waals surface area (Å²) in [5.74, 6) is 1.57. The van der Waals surface area contributed by atoms with Crippen molar-refractivity contribution < 1.29 is 0 Å². The normalized spacial score (nSPS) is 13.4. The van der Waals surface area contributed by atoms with Crippen molar-refractivity contribution in [3.63, 3.8) is 0 Å². The molecule has 26 heavy (non-hydrogen) atoms. The first-order valence-electron chi connectivity index (χ1n) is 8.79. The molecular weight excluding hydrogens is 344 g/mol. The van der Waals surface area contributed by atoms with Crippen LogP contribution in [0.15, 0.2) is 48.5 Å². The van der Waals surface area contributed by atoms with Crippen LogP contribution in [-0.2, 0) is 13.0 Å². The molecule has 0 atom stereocenters. The van der Waals surface area contributed by atoms with Crippen molar-refractivity contribution in [2.24, 2.45) is 0 Å². The fraction of sp³-hybridized carbons (Fsp3) is 0.238. The highest BCUT2D eigenvalue weighted by Crippen LogP contribution is 2.26. The minimum absolute atomic E-state index is 0.615. The standard InChI is InChI=1S/C21H21ClN4/c1-14-11-18(22)7-8-19(14)24-21-23-15(2)12-20(25-21)26-10-9-16-5-3-4-6-17(16)13-26/h3-8,11-12H,9-10,13H2,1-2H3,(H,23,24,25). The van der Waals surface area contributed by atoms with E-state index in [9.17, 15) is 0 Å². The Morgan fingerprint density at radius 1 is 1.00 bits per heavy atom. The lowest BCUT2D eigenvalue weighted by atomic mass is 10.00. The van der Waals surface area contributed by atoms with Gasteiger partial charge in [-0.2, -0.15) is 4.98 Å². The summed E-state index contributed by atoms with van der Waals surface area (Å²) in [4.78, 5) is 11.6. The zero-order valence-corrected chi connectivity index (χ0v) is 15.7. The maximum atomic E-state index is 6.05. The Labute approximate surface area is 158 Å². The van der Waals surface area contributed by atoms with Gasteiger partial charge in [-0.15, -0.1) is 0 Å². The molecular formula is C21H21ClN4. The molecule has 0 unspecified atom stereocenters. The van der Waals surface area contributed by atoms with Crippen molar-refractivity contribution >= 4 is 29.1 Å². The quantitative estimate of drug-likeness (QED) is 0.705. The number of hydrogen-bond donors (Lipinski definition) is 1. The van der Waals surface area contributed by atoms with Gasteiger partial charge in [0.1, 0.15) is 5.82 Å². The van der Waals surface area contributed by atoms with E-state index in [1.54, 1.807) is 0 Å². The van der Waals surface area contributed by atoms with Gasteiger partial charge in [-0.05, 0) is 55.2 Å². The van der Waals surface area contributed by atoms with Crippen molar-refractivity contribution in [2.75, 3.05) is 16.8 Å². The Balaban J connectivity index is 1.61. The van der Waals surface area contributed by atoms with Gasteiger partial charge in [-0.25, -0.2) is 4.98 Å². The second kappa shape index (κ2) is 6.96. The highest BCUT2D eigenvalue weighted by Gasteiger charge is 2.18. The number of hydrogen-bond acceptors (Lipinski definition) is 4. The summed E-state index contributed by atoms with van der Waals surface area (Å²) in [5.41, 5.74) is 5.79. The Kier molecular flexibility index (Phi) is 4.51. The molecule has 1 aliphatic heterocycles. The zero-order valence-electron chi connectivity index (χ0n) is 15.0. The summed E-state index contributed by atoms with van der Waals surface area (Å²) in [6.07, 6.45) is 1.04. The fourth-order valence-corrected chi connectivity index (χ4v) is 3.58. The Morgan fingerprint density at radius 2 is 1.81 bits per heavy atom. The first kappa shape index (κ1) is 16.9. The first-order valence-corrected chi connectivity index (χ1v) is 9.17. The van der Waals surface area contributed by atoms with Crippen LogP contribution >= 0.6 is 11.6 Å². The van der Waals surface area contributed by atoms with Gasteiger partial charge >= 0.3 is 0 Å². The predicted molar refractivity (Wildman–Crippen MR) is 107 cm³/mol. The van der Waals surface area contributed by atoms with Gasteiger partial charge in [0.05, 0.1) is 0 Å². The number of nitrogens with one attached hydrogen (secondary N) is 1. The molecule has 0 bridgehead atoms. The van der Waals surface area contributed by atoms with Crippen LogP contribution in [0.25, 0.3) is 0 Å². The van der Waals surface area contributed by atoms with E-state index in [0.717, 1.165) is 47.3 Å². The third-order valence-electron chi connectivity index (χ3n) is 4.73. The maximum Gasteiger partial charge on any atom is 0.229 e. The van der Waals surface area contributed by atoms with E-state index in [2.05, 4.69) is 39.5 Å². The summed E-state index contributed by atoms with van der Waals surface area (Å²) in [7, 11) is 0. The van der Waals surface area contributed by atoms with Crippen LogP contribution in [0, 0.1) is 13.8 Å². The molecule has 132 valence electrons. The Morgan fingerprint density at radius 3 is 2.62 bits per heavy atom. The minimum atomic E-state index is 0.615.